The van der Waals surface area contributed by atoms with Crippen molar-refractivity contribution in [3.8, 4) is 0 Å². The molecule has 0 bridgehead atoms. The lowest BCUT2D eigenvalue weighted by molar-refractivity contribution is 0.157. The minimum absolute atomic E-state index is 0.325. The molecule has 2 rings (SSSR count). The molecule has 0 aromatic heterocycles. The number of nitrogens with one attached hydrogen (secondary N) is 1. The predicted molar refractivity (Wildman–Crippen MR) is 83.8 cm³/mol. The van der Waals surface area contributed by atoms with Gasteiger partial charge >= 0.3 is 0 Å². The Hall–Kier alpha value is -0.900. The zero-order valence-corrected chi connectivity index (χ0v) is 12.6. The summed E-state index contributed by atoms with van der Waals surface area (Å²) in [6.07, 6.45) is 4.84. The van der Waals surface area contributed by atoms with Gasteiger partial charge in [0, 0.05) is 12.6 Å². The quantitative estimate of drug-likeness (QED) is 0.715. The van der Waals surface area contributed by atoms with Crippen LogP contribution in [0.25, 0.3) is 0 Å². The summed E-state index contributed by atoms with van der Waals surface area (Å²) < 4.78 is 0. The lowest BCUT2D eigenvalue weighted by Crippen LogP contribution is -2.33. The summed E-state index contributed by atoms with van der Waals surface area (Å²) in [5.41, 5.74) is 2.67. The number of rotatable bonds is 8. The van der Waals surface area contributed by atoms with Gasteiger partial charge in [-0.15, -0.1) is 0 Å². The Labute approximate surface area is 123 Å². The van der Waals surface area contributed by atoms with Crippen molar-refractivity contribution < 1.29 is 5.11 Å². The molecule has 1 atom stereocenters. The second-order valence-electron chi connectivity index (χ2n) is 5.88. The van der Waals surface area contributed by atoms with E-state index in [1.165, 1.54) is 43.4 Å². The van der Waals surface area contributed by atoms with E-state index in [0.29, 0.717) is 12.6 Å². The maximum absolute atomic E-state index is 9.27. The van der Waals surface area contributed by atoms with Crippen LogP contribution in [0.2, 0.25) is 0 Å². The van der Waals surface area contributed by atoms with Crippen LogP contribution in [-0.4, -0.2) is 42.3 Å². The number of benzene rings is 1. The number of unbranched alkanes of at least 4 members (excludes halogenated alkanes) is 1. The fraction of sp³-hybridized carbons (Fsp3) is 0.647. The number of likely N-dealkylation sites (tertiary alicyclic amines) is 1. The third kappa shape index (κ3) is 4.89. The summed E-state index contributed by atoms with van der Waals surface area (Å²) in [5, 5.41) is 12.8. The third-order valence-electron chi connectivity index (χ3n) is 4.21. The first kappa shape index (κ1) is 15.5. The van der Waals surface area contributed by atoms with E-state index in [1.807, 2.05) is 0 Å². The average Bonchev–Trinajstić information content (AvgIpc) is 2.92. The Morgan fingerprint density at radius 2 is 2.05 bits per heavy atom. The van der Waals surface area contributed by atoms with Crippen LogP contribution in [0.1, 0.15) is 36.8 Å². The number of hydrogen-bond donors (Lipinski definition) is 2. The van der Waals surface area contributed by atoms with E-state index < -0.39 is 0 Å². The molecule has 20 heavy (non-hydrogen) atoms. The van der Waals surface area contributed by atoms with Gasteiger partial charge in [0.25, 0.3) is 0 Å². The van der Waals surface area contributed by atoms with E-state index in [2.05, 4.69) is 41.4 Å². The van der Waals surface area contributed by atoms with Crippen molar-refractivity contribution in [3.63, 3.8) is 0 Å². The first-order chi connectivity index (χ1) is 9.79. The minimum atomic E-state index is 0.325. The Bertz CT molecular complexity index is 377. The molecule has 0 aliphatic carbocycles. The molecule has 1 aromatic carbocycles. The maximum atomic E-state index is 9.27. The highest BCUT2D eigenvalue weighted by Crippen LogP contribution is 2.16. The Balaban J connectivity index is 1.52. The molecule has 3 heteroatoms. The molecular formula is C17H28N2O. The lowest BCUT2D eigenvalue weighted by atomic mass is 10.1. The summed E-state index contributed by atoms with van der Waals surface area (Å²) in [4.78, 5) is 2.44. The van der Waals surface area contributed by atoms with E-state index in [4.69, 9.17) is 0 Å². The monoisotopic (exact) mass is 276 g/mol. The molecule has 0 saturated carbocycles. The standard InChI is InChI=1S/C17H28N2O/c1-15-6-8-16(9-7-15)13-18-10-2-3-11-19-12-4-5-17(19)14-20/h6-9,17-18,20H,2-5,10-14H2,1H3. The number of hydrogen-bond acceptors (Lipinski definition) is 3. The molecular weight excluding hydrogens is 248 g/mol. The normalized spacial score (nSPS) is 19.6. The predicted octanol–water partition coefficient (Wildman–Crippen LogP) is 2.32. The van der Waals surface area contributed by atoms with E-state index >= 15 is 0 Å². The molecule has 1 saturated heterocycles. The van der Waals surface area contributed by atoms with Crippen LogP contribution in [0.4, 0.5) is 0 Å². The maximum Gasteiger partial charge on any atom is 0.0586 e. The Morgan fingerprint density at radius 1 is 1.25 bits per heavy atom. The average molecular weight is 276 g/mol. The van der Waals surface area contributed by atoms with E-state index in [-0.39, 0.29) is 0 Å². The zero-order valence-electron chi connectivity index (χ0n) is 12.6. The van der Waals surface area contributed by atoms with E-state index in [9.17, 15) is 5.11 Å². The molecule has 0 radical (unpaired) electrons. The van der Waals surface area contributed by atoms with Gasteiger partial charge < -0.3 is 10.4 Å². The summed E-state index contributed by atoms with van der Waals surface area (Å²) in [7, 11) is 0. The largest absolute Gasteiger partial charge is 0.395 e. The first-order valence-electron chi connectivity index (χ1n) is 7.91. The highest BCUT2D eigenvalue weighted by atomic mass is 16.3. The molecule has 112 valence electrons. The van der Waals surface area contributed by atoms with Crippen LogP contribution in [0.5, 0.6) is 0 Å². The molecule has 1 heterocycles. The molecule has 0 amide bonds. The number of aliphatic hydroxyl groups excluding tert-OH is 1. The fourth-order valence-corrected chi connectivity index (χ4v) is 2.90. The van der Waals surface area contributed by atoms with Gasteiger partial charge in [0.15, 0.2) is 0 Å². The van der Waals surface area contributed by atoms with E-state index in [1.54, 1.807) is 0 Å². The first-order valence-corrected chi connectivity index (χ1v) is 7.91. The SMILES string of the molecule is Cc1ccc(CNCCCCN2CCCC2CO)cc1. The molecule has 1 aliphatic heterocycles. The van der Waals surface area contributed by atoms with Crippen molar-refractivity contribution in [3.05, 3.63) is 35.4 Å². The third-order valence-corrected chi connectivity index (χ3v) is 4.21. The van der Waals surface area contributed by atoms with Crippen molar-refractivity contribution >= 4 is 0 Å². The molecule has 0 spiro atoms. The topological polar surface area (TPSA) is 35.5 Å². The molecule has 1 fully saturated rings. The van der Waals surface area contributed by atoms with Crippen molar-refractivity contribution in [2.75, 3.05) is 26.2 Å². The zero-order chi connectivity index (χ0) is 14.2. The van der Waals surface area contributed by atoms with Gasteiger partial charge in [0.05, 0.1) is 6.61 Å². The Morgan fingerprint density at radius 3 is 2.80 bits per heavy atom. The van der Waals surface area contributed by atoms with Crippen molar-refractivity contribution in [1.29, 1.82) is 0 Å². The summed E-state index contributed by atoms with van der Waals surface area (Å²) in [6.45, 7) is 6.79. The van der Waals surface area contributed by atoms with Crippen molar-refractivity contribution in [2.24, 2.45) is 0 Å². The van der Waals surface area contributed by atoms with Crippen molar-refractivity contribution in [1.82, 2.24) is 10.2 Å². The fourth-order valence-electron chi connectivity index (χ4n) is 2.90. The van der Waals surface area contributed by atoms with Crippen LogP contribution >= 0.6 is 0 Å². The second-order valence-corrected chi connectivity index (χ2v) is 5.88. The number of aliphatic hydroxyl groups is 1. The smallest absolute Gasteiger partial charge is 0.0586 e. The highest BCUT2D eigenvalue weighted by Gasteiger charge is 2.22. The van der Waals surface area contributed by atoms with Crippen LogP contribution in [0.15, 0.2) is 24.3 Å². The van der Waals surface area contributed by atoms with Crippen LogP contribution < -0.4 is 5.32 Å². The summed E-state index contributed by atoms with van der Waals surface area (Å²) in [5.74, 6) is 0. The molecule has 1 aromatic rings. The summed E-state index contributed by atoms with van der Waals surface area (Å²) in [6, 6.07) is 9.14. The van der Waals surface area contributed by atoms with Crippen LogP contribution in [0.3, 0.4) is 0 Å². The number of aryl methyl sites for hydroxylation is 1. The van der Waals surface area contributed by atoms with Gasteiger partial charge in [0.2, 0.25) is 0 Å². The molecule has 1 aliphatic rings. The summed E-state index contributed by atoms with van der Waals surface area (Å²) >= 11 is 0. The molecule has 1 unspecified atom stereocenters. The van der Waals surface area contributed by atoms with Gasteiger partial charge in [-0.2, -0.15) is 0 Å². The molecule has 3 nitrogen and oxygen atoms in total. The van der Waals surface area contributed by atoms with Crippen LogP contribution in [0, 0.1) is 6.92 Å². The van der Waals surface area contributed by atoms with Gasteiger partial charge in [0.1, 0.15) is 0 Å². The highest BCUT2D eigenvalue weighted by molar-refractivity contribution is 5.20. The minimum Gasteiger partial charge on any atom is -0.395 e. The molecule has 2 N–H and O–H groups in total. The van der Waals surface area contributed by atoms with E-state index in [0.717, 1.165) is 19.6 Å². The number of nitrogens with zero attached hydrogens (tertiary/aromatic N) is 1. The lowest BCUT2D eigenvalue weighted by Gasteiger charge is -2.22. The van der Waals surface area contributed by atoms with Gasteiger partial charge in [-0.1, -0.05) is 29.8 Å². The van der Waals surface area contributed by atoms with Crippen LogP contribution in [-0.2, 0) is 6.54 Å². The van der Waals surface area contributed by atoms with Gasteiger partial charge in [-0.25, -0.2) is 0 Å². The van der Waals surface area contributed by atoms with Gasteiger partial charge in [-0.3, -0.25) is 4.90 Å². The second kappa shape index (κ2) is 8.40. The Kier molecular flexibility index (Phi) is 6.51. The van der Waals surface area contributed by atoms with Crippen molar-refractivity contribution in [2.45, 2.75) is 45.2 Å². The van der Waals surface area contributed by atoms with Gasteiger partial charge in [-0.05, 0) is 57.8 Å².